The minimum Gasteiger partial charge on any atom is -0.311 e. The van der Waals surface area contributed by atoms with E-state index in [4.69, 9.17) is 1.37 Å². The SMILES string of the molecule is [2H]/C(=C(/[2H])c1ccc(-c2ccc3c(c2)C(C)(C)c2ccccc2-3)c2ccccc12)c1ccc(N(c2ccccc2)c2ccccc2)cc1. The van der Waals surface area contributed by atoms with Gasteiger partial charge in [-0.3, -0.25) is 0 Å². The lowest BCUT2D eigenvalue weighted by Gasteiger charge is -2.25. The summed E-state index contributed by atoms with van der Waals surface area (Å²) >= 11 is 0. The predicted octanol–water partition coefficient (Wildman–Crippen LogP) is 12.5. The van der Waals surface area contributed by atoms with Crippen LogP contribution in [0.2, 0.25) is 0 Å². The number of para-hydroxylation sites is 2. The van der Waals surface area contributed by atoms with Crippen LogP contribution in [-0.2, 0) is 5.41 Å². The molecule has 0 unspecified atom stereocenters. The average Bonchev–Trinajstić information content (AvgIpc) is 3.37. The zero-order valence-corrected chi connectivity index (χ0v) is 26.0. The molecule has 0 aromatic heterocycles. The molecule has 0 fully saturated rings. The summed E-state index contributed by atoms with van der Waals surface area (Å²) in [6.45, 7) is 4.62. The Balaban J connectivity index is 1.17. The van der Waals surface area contributed by atoms with E-state index < -0.39 is 0 Å². The van der Waals surface area contributed by atoms with Crippen LogP contribution in [0.15, 0.2) is 164 Å². The molecule has 1 aliphatic rings. The third-order valence-corrected chi connectivity index (χ3v) is 9.31. The minimum atomic E-state index is -0.0797. The van der Waals surface area contributed by atoms with Crippen molar-refractivity contribution in [1.29, 1.82) is 0 Å². The molecule has 1 aliphatic carbocycles. The first kappa shape index (κ1) is 25.6. The molecule has 0 saturated carbocycles. The Kier molecular flexibility index (Phi) is 6.33. The summed E-state index contributed by atoms with van der Waals surface area (Å²) in [5, 5.41) is 2.06. The topological polar surface area (TPSA) is 3.24 Å². The van der Waals surface area contributed by atoms with E-state index in [1.807, 2.05) is 72.8 Å². The van der Waals surface area contributed by atoms with Gasteiger partial charge in [-0.15, -0.1) is 0 Å². The quantitative estimate of drug-likeness (QED) is 0.174. The molecule has 7 aromatic carbocycles. The first-order valence-corrected chi connectivity index (χ1v) is 15.9. The molecule has 0 amide bonds. The molecule has 0 atom stereocenters. The van der Waals surface area contributed by atoms with Gasteiger partial charge in [0.25, 0.3) is 0 Å². The fraction of sp³-hybridized carbons (Fsp3) is 0.0667. The molecule has 0 aliphatic heterocycles. The summed E-state index contributed by atoms with van der Waals surface area (Å²) in [7, 11) is 0. The molecule has 7 aromatic rings. The van der Waals surface area contributed by atoms with Crippen molar-refractivity contribution in [2.24, 2.45) is 0 Å². The second-order valence-electron chi connectivity index (χ2n) is 12.4. The largest absolute Gasteiger partial charge is 0.311 e. The lowest BCUT2D eigenvalue weighted by Crippen LogP contribution is -2.14. The molecular weight excluding hydrogens is 555 g/mol. The van der Waals surface area contributed by atoms with Gasteiger partial charge in [0.15, 0.2) is 0 Å². The summed E-state index contributed by atoms with van der Waals surface area (Å²) in [5.74, 6) is 0. The van der Waals surface area contributed by atoms with Crippen LogP contribution in [0.3, 0.4) is 0 Å². The highest BCUT2D eigenvalue weighted by molar-refractivity contribution is 6.02. The molecule has 8 rings (SSSR count). The Hall–Kier alpha value is -5.66. The van der Waals surface area contributed by atoms with Crippen molar-refractivity contribution in [3.63, 3.8) is 0 Å². The summed E-state index contributed by atoms with van der Waals surface area (Å²) in [4.78, 5) is 2.20. The van der Waals surface area contributed by atoms with Crippen LogP contribution in [0.25, 0.3) is 45.1 Å². The minimum absolute atomic E-state index is 0.0797. The maximum Gasteiger partial charge on any atom is 0.0629 e. The maximum absolute atomic E-state index is 9.23. The van der Waals surface area contributed by atoms with Gasteiger partial charge in [-0.05, 0) is 97.7 Å². The van der Waals surface area contributed by atoms with E-state index in [1.54, 1.807) is 0 Å². The van der Waals surface area contributed by atoms with Gasteiger partial charge in [0.05, 0.1) is 2.74 Å². The van der Waals surface area contributed by atoms with Gasteiger partial charge in [0, 0.05) is 22.5 Å². The van der Waals surface area contributed by atoms with Crippen molar-refractivity contribution in [3.8, 4) is 22.3 Å². The van der Waals surface area contributed by atoms with E-state index in [2.05, 4.69) is 110 Å². The van der Waals surface area contributed by atoms with E-state index >= 15 is 0 Å². The summed E-state index contributed by atoms with van der Waals surface area (Å²) < 4.78 is 18.4. The molecule has 46 heavy (non-hydrogen) atoms. The third kappa shape index (κ3) is 4.82. The number of anilines is 3. The molecule has 0 heterocycles. The Labute approximate surface area is 274 Å². The van der Waals surface area contributed by atoms with E-state index in [9.17, 15) is 1.37 Å². The van der Waals surface area contributed by atoms with Gasteiger partial charge >= 0.3 is 0 Å². The van der Waals surface area contributed by atoms with Crippen molar-refractivity contribution in [2.75, 3.05) is 4.90 Å². The van der Waals surface area contributed by atoms with Gasteiger partial charge in [0.1, 0.15) is 0 Å². The summed E-state index contributed by atoms with van der Waals surface area (Å²) in [5.41, 5.74) is 12.1. The van der Waals surface area contributed by atoms with E-state index in [0.717, 1.165) is 44.5 Å². The van der Waals surface area contributed by atoms with Gasteiger partial charge in [-0.1, -0.05) is 147 Å². The molecule has 0 radical (unpaired) electrons. The van der Waals surface area contributed by atoms with Crippen LogP contribution in [-0.4, -0.2) is 0 Å². The number of fused-ring (bicyclic) bond motifs is 4. The monoisotopic (exact) mass is 591 g/mol. The Morgan fingerprint density at radius 2 is 1.04 bits per heavy atom. The number of rotatable bonds is 6. The molecule has 1 nitrogen and oxygen atoms in total. The second kappa shape index (κ2) is 11.4. The standard InChI is InChI=1S/C45H35N/c1-45(2)43-20-12-11-19-41(43)42-30-26-34(31-44(42)45)39-29-25-33(38-17-9-10-18-40(38)39)24-21-32-22-27-37(28-23-32)46(35-13-5-3-6-14-35)36-15-7-4-8-16-36/h3-31H,1-2H3/b24-21+/i21D,24D. The maximum atomic E-state index is 9.23. The average molecular weight is 592 g/mol. The molecular formula is C45H35N. The van der Waals surface area contributed by atoms with Crippen LogP contribution in [0.4, 0.5) is 17.1 Å². The van der Waals surface area contributed by atoms with Crippen molar-refractivity contribution in [3.05, 3.63) is 186 Å². The Morgan fingerprint density at radius 3 is 1.76 bits per heavy atom. The van der Waals surface area contributed by atoms with Crippen molar-refractivity contribution < 1.29 is 2.74 Å². The van der Waals surface area contributed by atoms with E-state index in [0.29, 0.717) is 5.56 Å². The molecule has 0 bridgehead atoms. The fourth-order valence-electron chi connectivity index (χ4n) is 6.97. The first-order valence-electron chi connectivity index (χ1n) is 16.9. The number of hydrogen-bond donors (Lipinski definition) is 0. The number of benzene rings is 7. The molecule has 220 valence electrons. The van der Waals surface area contributed by atoms with Crippen molar-refractivity contribution in [1.82, 2.24) is 0 Å². The second-order valence-corrected chi connectivity index (χ2v) is 12.4. The highest BCUT2D eigenvalue weighted by Crippen LogP contribution is 2.50. The molecule has 0 saturated heterocycles. The zero-order chi connectivity index (χ0) is 32.8. The van der Waals surface area contributed by atoms with Crippen molar-refractivity contribution >= 4 is 39.9 Å². The Morgan fingerprint density at radius 1 is 0.478 bits per heavy atom. The van der Waals surface area contributed by atoms with Gasteiger partial charge in [0.2, 0.25) is 0 Å². The van der Waals surface area contributed by atoms with Crippen molar-refractivity contribution in [2.45, 2.75) is 19.3 Å². The van der Waals surface area contributed by atoms with Crippen LogP contribution >= 0.6 is 0 Å². The number of hydrogen-bond acceptors (Lipinski definition) is 1. The van der Waals surface area contributed by atoms with Gasteiger partial charge < -0.3 is 4.90 Å². The highest BCUT2D eigenvalue weighted by atomic mass is 15.1. The zero-order valence-electron chi connectivity index (χ0n) is 28.0. The lowest BCUT2D eigenvalue weighted by molar-refractivity contribution is 0.660. The normalized spacial score (nSPS) is 14.1. The third-order valence-electron chi connectivity index (χ3n) is 9.31. The van der Waals surface area contributed by atoms with Crippen LogP contribution in [0, 0.1) is 0 Å². The Bertz CT molecular complexity index is 2280. The van der Waals surface area contributed by atoms with E-state index in [1.165, 1.54) is 22.3 Å². The fourth-order valence-corrected chi connectivity index (χ4v) is 6.97. The van der Waals surface area contributed by atoms with Gasteiger partial charge in [-0.2, -0.15) is 0 Å². The summed E-state index contributed by atoms with van der Waals surface area (Å²) in [6.07, 6.45) is 0. The van der Waals surface area contributed by atoms with Crippen LogP contribution in [0.5, 0.6) is 0 Å². The molecule has 1 heteroatoms. The van der Waals surface area contributed by atoms with E-state index in [-0.39, 0.29) is 17.5 Å². The van der Waals surface area contributed by atoms with Crippen LogP contribution < -0.4 is 4.90 Å². The smallest absolute Gasteiger partial charge is 0.0629 e. The number of nitrogens with zero attached hydrogens (tertiary/aromatic N) is 1. The molecule has 0 N–H and O–H groups in total. The highest BCUT2D eigenvalue weighted by Gasteiger charge is 2.35. The summed E-state index contributed by atoms with van der Waals surface area (Å²) in [6, 6.07) is 56.9. The first-order chi connectivity index (χ1) is 23.4. The lowest BCUT2D eigenvalue weighted by atomic mass is 9.81. The van der Waals surface area contributed by atoms with Crippen LogP contribution in [0.1, 0.15) is 38.8 Å². The predicted molar refractivity (Wildman–Crippen MR) is 197 cm³/mol. The van der Waals surface area contributed by atoms with Gasteiger partial charge in [-0.25, -0.2) is 0 Å². The molecule has 0 spiro atoms.